The lowest BCUT2D eigenvalue weighted by atomic mass is 10.2. The van der Waals surface area contributed by atoms with Gasteiger partial charge in [0.1, 0.15) is 6.07 Å². The molecule has 60 valence electrons. The number of halogens is 1. The predicted octanol–water partition coefficient (Wildman–Crippen LogP) is 1.58. The molecule has 0 N–H and O–H groups in total. The summed E-state index contributed by atoms with van der Waals surface area (Å²) in [5.41, 5.74) is 0.285. The summed E-state index contributed by atoms with van der Waals surface area (Å²) in [5.74, 6) is 0.467. The minimum absolute atomic E-state index is 0.188. The van der Waals surface area contributed by atoms with Crippen LogP contribution in [0.15, 0.2) is 18.2 Å². The zero-order chi connectivity index (χ0) is 8.55. The Morgan fingerprint density at radius 2 is 2.25 bits per heavy atom. The maximum absolute atomic E-state index is 12.5. The van der Waals surface area contributed by atoms with Crippen molar-refractivity contribution >= 4 is 0 Å². The third-order valence-electron chi connectivity index (χ3n) is 1.53. The van der Waals surface area contributed by atoms with Crippen LogP contribution in [0, 0.1) is 11.3 Å². The lowest BCUT2D eigenvalue weighted by Crippen LogP contribution is -2.09. The topological polar surface area (TPSA) is 42.2 Å². The number of ether oxygens (including phenoxy) is 2. The maximum Gasteiger partial charge on any atom is 0.397 e. The molecule has 0 bridgehead atoms. The van der Waals surface area contributed by atoms with Gasteiger partial charge in [0.15, 0.2) is 11.5 Å². The molecule has 0 aliphatic carbocycles. The molecule has 1 aromatic rings. The molecule has 0 spiro atoms. The van der Waals surface area contributed by atoms with Crippen LogP contribution in [0.2, 0.25) is 0 Å². The first-order valence-electron chi connectivity index (χ1n) is 3.32. The first-order chi connectivity index (χ1) is 5.81. The van der Waals surface area contributed by atoms with Gasteiger partial charge in [0.2, 0.25) is 0 Å². The molecule has 0 fully saturated rings. The van der Waals surface area contributed by atoms with Crippen molar-refractivity contribution in [3.8, 4) is 17.6 Å². The Bertz CT molecular complexity index is 359. The Balaban J connectivity index is 2.53. The maximum atomic E-state index is 12.5. The zero-order valence-corrected chi connectivity index (χ0v) is 5.95. The molecule has 1 aromatic carbocycles. The number of rotatable bonds is 0. The second kappa shape index (κ2) is 2.38. The number of hydrogen-bond donors (Lipinski definition) is 0. The van der Waals surface area contributed by atoms with Crippen LogP contribution in [-0.4, -0.2) is 6.54 Å². The van der Waals surface area contributed by atoms with Gasteiger partial charge in [0.25, 0.3) is 0 Å². The fourth-order valence-electron chi connectivity index (χ4n) is 1.03. The van der Waals surface area contributed by atoms with Gasteiger partial charge in [-0.15, -0.1) is 0 Å². The van der Waals surface area contributed by atoms with Crippen LogP contribution >= 0.6 is 0 Å². The van der Waals surface area contributed by atoms with Crippen LogP contribution < -0.4 is 9.47 Å². The largest absolute Gasteiger partial charge is 0.425 e. The molecule has 4 heteroatoms. The van der Waals surface area contributed by atoms with E-state index in [1.165, 1.54) is 0 Å². The molecule has 0 saturated carbocycles. The highest BCUT2D eigenvalue weighted by atomic mass is 19.2. The van der Waals surface area contributed by atoms with Gasteiger partial charge in [-0.25, -0.2) is 0 Å². The van der Waals surface area contributed by atoms with Gasteiger partial charge < -0.3 is 9.47 Å². The van der Waals surface area contributed by atoms with Gasteiger partial charge in [-0.3, -0.25) is 0 Å². The highest BCUT2D eigenvalue weighted by Crippen LogP contribution is 2.37. The van der Waals surface area contributed by atoms with Gasteiger partial charge in [-0.1, -0.05) is 6.07 Å². The van der Waals surface area contributed by atoms with Crippen LogP contribution in [0.1, 0.15) is 5.56 Å². The lowest BCUT2D eigenvalue weighted by molar-refractivity contribution is -0.0652. The number of fused-ring (bicyclic) bond motifs is 1. The third kappa shape index (κ3) is 0.873. The molecule has 1 heterocycles. The quantitative estimate of drug-likeness (QED) is 0.586. The van der Waals surface area contributed by atoms with Crippen molar-refractivity contribution in [3.05, 3.63) is 23.8 Å². The van der Waals surface area contributed by atoms with E-state index >= 15 is 0 Å². The van der Waals surface area contributed by atoms with Crippen molar-refractivity contribution in [1.82, 2.24) is 0 Å². The average molecular weight is 165 g/mol. The second-order valence-electron chi connectivity index (χ2n) is 2.25. The number of nitrogens with zero attached hydrogens (tertiary/aromatic N) is 1. The van der Waals surface area contributed by atoms with Crippen LogP contribution in [0.3, 0.4) is 0 Å². The van der Waals surface area contributed by atoms with E-state index in [0.29, 0.717) is 0 Å². The van der Waals surface area contributed by atoms with Gasteiger partial charge in [0.05, 0.1) is 5.56 Å². The summed E-state index contributed by atoms with van der Waals surface area (Å²) in [6.45, 7) is -1.78. The number of nitriles is 1. The van der Waals surface area contributed by atoms with Gasteiger partial charge >= 0.3 is 6.54 Å². The van der Waals surface area contributed by atoms with Gasteiger partial charge in [-0.05, 0) is 12.1 Å². The molecule has 2 rings (SSSR count). The Kier molecular flexibility index (Phi) is 1.37. The Hall–Kier alpha value is -1.76. The van der Waals surface area contributed by atoms with Crippen molar-refractivity contribution in [2.45, 2.75) is 6.54 Å². The number of hydrogen-bond acceptors (Lipinski definition) is 3. The van der Waals surface area contributed by atoms with E-state index in [9.17, 15) is 4.39 Å². The van der Waals surface area contributed by atoms with Crippen molar-refractivity contribution < 1.29 is 13.9 Å². The molecule has 1 unspecified atom stereocenters. The van der Waals surface area contributed by atoms with Crippen molar-refractivity contribution in [2.75, 3.05) is 0 Å². The molecule has 1 aliphatic heterocycles. The van der Waals surface area contributed by atoms with E-state index in [1.54, 1.807) is 18.2 Å². The highest BCUT2D eigenvalue weighted by Gasteiger charge is 2.25. The summed E-state index contributed by atoms with van der Waals surface area (Å²) >= 11 is 0. The number of alkyl halides is 1. The summed E-state index contributed by atoms with van der Waals surface area (Å²) in [5, 5.41) is 8.58. The average Bonchev–Trinajstić information content (AvgIpc) is 2.44. The highest BCUT2D eigenvalue weighted by molar-refractivity contribution is 5.53. The van der Waals surface area contributed by atoms with E-state index in [1.807, 2.05) is 6.07 Å². The summed E-state index contributed by atoms with van der Waals surface area (Å²) < 4.78 is 21.7. The van der Waals surface area contributed by atoms with Crippen molar-refractivity contribution in [2.24, 2.45) is 0 Å². The predicted molar refractivity (Wildman–Crippen MR) is 37.3 cm³/mol. The third-order valence-corrected chi connectivity index (χ3v) is 1.53. The molecule has 3 nitrogen and oxygen atoms in total. The van der Waals surface area contributed by atoms with Crippen molar-refractivity contribution in [3.63, 3.8) is 0 Å². The van der Waals surface area contributed by atoms with E-state index in [-0.39, 0.29) is 17.1 Å². The molecule has 0 radical (unpaired) electrons. The fourth-order valence-corrected chi connectivity index (χ4v) is 1.03. The van der Waals surface area contributed by atoms with E-state index in [2.05, 4.69) is 9.47 Å². The molecule has 12 heavy (non-hydrogen) atoms. The summed E-state index contributed by atoms with van der Waals surface area (Å²) in [6.07, 6.45) is 0. The standard InChI is InChI=1S/C8H4FNO2/c9-8-11-6-3-1-2-5(4-10)7(6)12-8/h1-3,8H. The number of benzene rings is 1. The van der Waals surface area contributed by atoms with Gasteiger partial charge in [0, 0.05) is 0 Å². The smallest absolute Gasteiger partial charge is 0.397 e. The Morgan fingerprint density at radius 1 is 1.42 bits per heavy atom. The van der Waals surface area contributed by atoms with E-state index in [4.69, 9.17) is 5.26 Å². The monoisotopic (exact) mass is 165 g/mol. The second-order valence-corrected chi connectivity index (χ2v) is 2.25. The zero-order valence-electron chi connectivity index (χ0n) is 5.95. The summed E-state index contributed by atoms with van der Waals surface area (Å²) in [4.78, 5) is 0. The van der Waals surface area contributed by atoms with Crippen LogP contribution in [0.5, 0.6) is 11.5 Å². The molecule has 1 aliphatic rings. The SMILES string of the molecule is N#Cc1cccc2c1OC(F)O2. The Morgan fingerprint density at radius 3 is 3.00 bits per heavy atom. The first-order valence-corrected chi connectivity index (χ1v) is 3.32. The van der Waals surface area contributed by atoms with Crippen LogP contribution in [0.25, 0.3) is 0 Å². The molecule has 0 amide bonds. The number of para-hydroxylation sites is 1. The first kappa shape index (κ1) is 6.92. The van der Waals surface area contributed by atoms with Crippen molar-refractivity contribution in [1.29, 1.82) is 5.26 Å². The summed E-state index contributed by atoms with van der Waals surface area (Å²) in [7, 11) is 0. The lowest BCUT2D eigenvalue weighted by Gasteiger charge is -1.96. The molecule has 0 aromatic heterocycles. The Labute approximate surface area is 67.9 Å². The van der Waals surface area contributed by atoms with Crippen LogP contribution in [-0.2, 0) is 0 Å². The van der Waals surface area contributed by atoms with E-state index in [0.717, 1.165) is 0 Å². The minimum atomic E-state index is -1.78. The minimum Gasteiger partial charge on any atom is -0.425 e. The molecular weight excluding hydrogens is 161 g/mol. The molecule has 1 atom stereocenters. The summed E-state index contributed by atoms with van der Waals surface area (Å²) in [6, 6.07) is 6.58. The fraction of sp³-hybridized carbons (Fsp3) is 0.125. The van der Waals surface area contributed by atoms with Crippen LogP contribution in [0.4, 0.5) is 4.39 Å². The molecular formula is C8H4FNO2. The van der Waals surface area contributed by atoms with Gasteiger partial charge in [-0.2, -0.15) is 9.65 Å². The molecule has 0 saturated heterocycles. The van der Waals surface area contributed by atoms with E-state index < -0.39 is 6.54 Å². The normalized spacial score (nSPS) is 18.8.